The Labute approximate surface area is 114 Å². The number of hydrogen-bond donors (Lipinski definition) is 2. The topological polar surface area (TPSA) is 78.9 Å². The molecule has 0 aromatic carbocycles. The van der Waals surface area contributed by atoms with Crippen molar-refractivity contribution in [1.29, 1.82) is 0 Å². The standard InChI is InChI=1S/C13H24N2O4/c1-5-9(2)10(11(16)17)14-12(18)15-6-7-19-13(3,4)8-15/h9-10H,5-8H2,1-4H3,(H,14,18)(H,16,17)/t9?,10-/m0/s1. The van der Waals surface area contributed by atoms with E-state index < -0.39 is 12.0 Å². The van der Waals surface area contributed by atoms with Gasteiger partial charge in [-0.2, -0.15) is 0 Å². The maximum absolute atomic E-state index is 12.1. The minimum absolute atomic E-state index is 0.101. The van der Waals surface area contributed by atoms with Gasteiger partial charge >= 0.3 is 12.0 Å². The third kappa shape index (κ3) is 4.38. The Balaban J connectivity index is 2.64. The smallest absolute Gasteiger partial charge is 0.326 e. The van der Waals surface area contributed by atoms with E-state index in [2.05, 4.69) is 5.32 Å². The van der Waals surface area contributed by atoms with E-state index in [1.54, 1.807) is 4.90 Å². The first-order valence-electron chi connectivity index (χ1n) is 6.69. The summed E-state index contributed by atoms with van der Waals surface area (Å²) in [7, 11) is 0. The Morgan fingerprint density at radius 2 is 2.11 bits per heavy atom. The van der Waals surface area contributed by atoms with E-state index >= 15 is 0 Å². The van der Waals surface area contributed by atoms with Gasteiger partial charge in [0.1, 0.15) is 6.04 Å². The minimum Gasteiger partial charge on any atom is -0.480 e. The van der Waals surface area contributed by atoms with Crippen molar-refractivity contribution in [3.8, 4) is 0 Å². The molecule has 0 saturated carbocycles. The van der Waals surface area contributed by atoms with Crippen LogP contribution in [0.5, 0.6) is 0 Å². The molecule has 1 aliphatic heterocycles. The van der Waals surface area contributed by atoms with Gasteiger partial charge in [0.15, 0.2) is 0 Å². The van der Waals surface area contributed by atoms with Gasteiger partial charge in [0, 0.05) is 6.54 Å². The largest absolute Gasteiger partial charge is 0.480 e. The second kappa shape index (κ2) is 6.23. The first-order chi connectivity index (χ1) is 8.76. The summed E-state index contributed by atoms with van der Waals surface area (Å²) in [6, 6.07) is -1.17. The monoisotopic (exact) mass is 272 g/mol. The quantitative estimate of drug-likeness (QED) is 0.808. The molecule has 1 heterocycles. The van der Waals surface area contributed by atoms with Crippen molar-refractivity contribution in [2.75, 3.05) is 19.7 Å². The second-order valence-corrected chi connectivity index (χ2v) is 5.68. The molecule has 0 aliphatic carbocycles. The van der Waals surface area contributed by atoms with E-state index in [0.717, 1.165) is 0 Å². The van der Waals surface area contributed by atoms with Crippen LogP contribution in [0.25, 0.3) is 0 Å². The molecule has 0 bridgehead atoms. The molecule has 6 heteroatoms. The van der Waals surface area contributed by atoms with E-state index in [9.17, 15) is 9.59 Å². The predicted octanol–water partition coefficient (Wildman–Crippen LogP) is 1.31. The van der Waals surface area contributed by atoms with Gasteiger partial charge in [-0.1, -0.05) is 20.3 Å². The van der Waals surface area contributed by atoms with Gasteiger partial charge in [-0.3, -0.25) is 0 Å². The number of urea groups is 1. The third-order valence-corrected chi connectivity index (χ3v) is 3.47. The van der Waals surface area contributed by atoms with Gasteiger partial charge in [0.05, 0.1) is 18.8 Å². The fourth-order valence-electron chi connectivity index (χ4n) is 2.10. The maximum atomic E-state index is 12.1. The van der Waals surface area contributed by atoms with Crippen LogP contribution >= 0.6 is 0 Å². The summed E-state index contributed by atoms with van der Waals surface area (Å²) < 4.78 is 5.53. The lowest BCUT2D eigenvalue weighted by Gasteiger charge is -2.38. The molecule has 0 aromatic heterocycles. The zero-order valence-electron chi connectivity index (χ0n) is 12.1. The molecular weight excluding hydrogens is 248 g/mol. The van der Waals surface area contributed by atoms with Crippen LogP contribution in [0.4, 0.5) is 4.79 Å². The number of carboxylic acid groups (broad SMARTS) is 1. The molecule has 0 spiro atoms. The van der Waals surface area contributed by atoms with Crippen LogP contribution in [0, 0.1) is 5.92 Å². The Morgan fingerprint density at radius 3 is 2.58 bits per heavy atom. The third-order valence-electron chi connectivity index (χ3n) is 3.47. The van der Waals surface area contributed by atoms with Crippen LogP contribution in [0.1, 0.15) is 34.1 Å². The predicted molar refractivity (Wildman–Crippen MR) is 71.0 cm³/mol. The molecule has 1 unspecified atom stereocenters. The van der Waals surface area contributed by atoms with Gasteiger partial charge in [-0.15, -0.1) is 0 Å². The first kappa shape index (κ1) is 15.8. The molecule has 110 valence electrons. The van der Waals surface area contributed by atoms with Crippen molar-refractivity contribution in [2.45, 2.75) is 45.8 Å². The number of carbonyl (C=O) groups excluding carboxylic acids is 1. The van der Waals surface area contributed by atoms with Crippen LogP contribution in [0.15, 0.2) is 0 Å². The molecule has 19 heavy (non-hydrogen) atoms. The number of amides is 2. The van der Waals surface area contributed by atoms with Crippen LogP contribution in [0.3, 0.4) is 0 Å². The molecule has 2 N–H and O–H groups in total. The number of rotatable bonds is 4. The number of aliphatic carboxylic acids is 1. The second-order valence-electron chi connectivity index (χ2n) is 5.68. The number of hydrogen-bond acceptors (Lipinski definition) is 3. The van der Waals surface area contributed by atoms with E-state index in [-0.39, 0.29) is 17.6 Å². The van der Waals surface area contributed by atoms with Crippen LogP contribution in [-0.2, 0) is 9.53 Å². The fourth-order valence-corrected chi connectivity index (χ4v) is 2.10. The Morgan fingerprint density at radius 1 is 1.47 bits per heavy atom. The highest BCUT2D eigenvalue weighted by molar-refractivity contribution is 5.82. The van der Waals surface area contributed by atoms with E-state index in [0.29, 0.717) is 26.1 Å². The summed E-state index contributed by atoms with van der Waals surface area (Å²) in [4.78, 5) is 24.9. The van der Waals surface area contributed by atoms with Crippen LogP contribution in [-0.4, -0.2) is 53.3 Å². The molecular formula is C13H24N2O4. The number of nitrogens with zero attached hydrogens (tertiary/aromatic N) is 1. The van der Waals surface area contributed by atoms with Gasteiger partial charge in [0.2, 0.25) is 0 Å². The van der Waals surface area contributed by atoms with Crippen molar-refractivity contribution in [3.05, 3.63) is 0 Å². The summed E-state index contributed by atoms with van der Waals surface area (Å²) in [6.45, 7) is 8.98. The minimum atomic E-state index is -0.991. The summed E-state index contributed by atoms with van der Waals surface area (Å²) in [5.74, 6) is -1.09. The summed E-state index contributed by atoms with van der Waals surface area (Å²) in [5.41, 5.74) is -0.384. The van der Waals surface area contributed by atoms with Gasteiger partial charge in [-0.05, 0) is 19.8 Å². The highest BCUT2D eigenvalue weighted by atomic mass is 16.5. The first-order valence-corrected chi connectivity index (χ1v) is 6.69. The molecule has 1 saturated heterocycles. The highest BCUT2D eigenvalue weighted by Gasteiger charge is 2.32. The molecule has 2 amide bonds. The number of carbonyl (C=O) groups is 2. The van der Waals surface area contributed by atoms with E-state index in [4.69, 9.17) is 9.84 Å². The average Bonchev–Trinajstić information content (AvgIpc) is 2.33. The normalized spacial score (nSPS) is 21.6. The molecule has 0 radical (unpaired) electrons. The van der Waals surface area contributed by atoms with Crippen LogP contribution in [0.2, 0.25) is 0 Å². The van der Waals surface area contributed by atoms with Crippen LogP contribution < -0.4 is 5.32 Å². The van der Waals surface area contributed by atoms with Crippen molar-refractivity contribution in [2.24, 2.45) is 5.92 Å². The zero-order chi connectivity index (χ0) is 14.6. The zero-order valence-corrected chi connectivity index (χ0v) is 12.1. The summed E-state index contributed by atoms with van der Waals surface area (Å²) in [5, 5.41) is 11.8. The number of carboxylic acids is 1. The Kier molecular flexibility index (Phi) is 5.17. The van der Waals surface area contributed by atoms with Crippen molar-refractivity contribution >= 4 is 12.0 Å². The summed E-state index contributed by atoms with van der Waals surface area (Å²) >= 11 is 0. The van der Waals surface area contributed by atoms with Gasteiger partial charge < -0.3 is 20.1 Å². The SMILES string of the molecule is CCC(C)[C@H](NC(=O)N1CCOC(C)(C)C1)C(=O)O. The summed E-state index contributed by atoms with van der Waals surface area (Å²) in [6.07, 6.45) is 0.700. The fraction of sp³-hybridized carbons (Fsp3) is 0.846. The average molecular weight is 272 g/mol. The number of morpholine rings is 1. The van der Waals surface area contributed by atoms with Crippen molar-refractivity contribution < 1.29 is 19.4 Å². The molecule has 1 aliphatic rings. The highest BCUT2D eigenvalue weighted by Crippen LogP contribution is 2.17. The molecule has 1 rings (SSSR count). The van der Waals surface area contributed by atoms with Gasteiger partial charge in [-0.25, -0.2) is 9.59 Å². The number of nitrogens with one attached hydrogen (secondary N) is 1. The Bertz CT molecular complexity index is 344. The van der Waals surface area contributed by atoms with Crippen molar-refractivity contribution in [1.82, 2.24) is 10.2 Å². The van der Waals surface area contributed by atoms with E-state index in [1.165, 1.54) is 0 Å². The lowest BCUT2D eigenvalue weighted by Crippen LogP contribution is -2.57. The number of ether oxygens (including phenoxy) is 1. The lowest BCUT2D eigenvalue weighted by atomic mass is 9.99. The molecule has 0 aromatic rings. The van der Waals surface area contributed by atoms with Gasteiger partial charge in [0.25, 0.3) is 0 Å². The molecule has 6 nitrogen and oxygen atoms in total. The molecule has 1 fully saturated rings. The van der Waals surface area contributed by atoms with Crippen molar-refractivity contribution in [3.63, 3.8) is 0 Å². The Hall–Kier alpha value is -1.30. The maximum Gasteiger partial charge on any atom is 0.326 e. The van der Waals surface area contributed by atoms with E-state index in [1.807, 2.05) is 27.7 Å². The lowest BCUT2D eigenvalue weighted by molar-refractivity contribution is -0.140. The molecule has 2 atom stereocenters.